The molecule has 5 heteroatoms. The second-order valence-electron chi connectivity index (χ2n) is 7.24. The lowest BCUT2D eigenvalue weighted by Gasteiger charge is -2.12. The number of hydrogen-bond donors (Lipinski definition) is 1. The molecule has 0 aliphatic heterocycles. The molecule has 3 aromatic carbocycles. The summed E-state index contributed by atoms with van der Waals surface area (Å²) in [5.74, 6) is 0.204. The van der Waals surface area contributed by atoms with Crippen molar-refractivity contribution in [3.8, 4) is 5.75 Å². The van der Waals surface area contributed by atoms with Crippen molar-refractivity contribution in [1.82, 2.24) is 5.43 Å². The summed E-state index contributed by atoms with van der Waals surface area (Å²) in [6.45, 7) is 0.284. The number of hydrogen-bond acceptors (Lipinski definition) is 3. The van der Waals surface area contributed by atoms with Crippen LogP contribution < -0.4 is 10.2 Å². The molecule has 4 rings (SSSR count). The van der Waals surface area contributed by atoms with Gasteiger partial charge in [0.1, 0.15) is 12.4 Å². The minimum atomic E-state index is -0.293. The number of nitrogens with zero attached hydrogens (tertiary/aromatic N) is 1. The summed E-state index contributed by atoms with van der Waals surface area (Å²) in [6, 6.07) is 22.9. The van der Waals surface area contributed by atoms with Crippen LogP contribution in [-0.4, -0.2) is 11.6 Å². The molecule has 0 aromatic heterocycles. The molecule has 30 heavy (non-hydrogen) atoms. The summed E-state index contributed by atoms with van der Waals surface area (Å²) in [7, 11) is 0. The van der Waals surface area contributed by atoms with Gasteiger partial charge in [0.2, 0.25) is 0 Å². The molecule has 0 saturated carbocycles. The first-order valence-electron chi connectivity index (χ1n) is 10.1. The van der Waals surface area contributed by atoms with Gasteiger partial charge in [0.05, 0.1) is 11.3 Å². The Morgan fingerprint density at radius 3 is 2.57 bits per heavy atom. The van der Waals surface area contributed by atoms with Crippen LogP contribution in [0.2, 0.25) is 5.02 Å². The number of carbonyl (C=O) groups excluding carboxylic acids is 1. The molecule has 0 bridgehead atoms. The Labute approximate surface area is 181 Å². The normalized spacial score (nSPS) is 14.6. The molecule has 1 amide bonds. The summed E-state index contributed by atoms with van der Waals surface area (Å²) in [6.07, 6.45) is 4.08. The largest absolute Gasteiger partial charge is 0.488 e. The highest BCUT2D eigenvalue weighted by atomic mass is 35.5. The fraction of sp³-hybridized carbons (Fsp3) is 0.200. The molecule has 0 unspecified atom stereocenters. The van der Waals surface area contributed by atoms with Crippen LogP contribution in [0.25, 0.3) is 0 Å². The van der Waals surface area contributed by atoms with Gasteiger partial charge in [0.15, 0.2) is 0 Å². The van der Waals surface area contributed by atoms with E-state index in [1.165, 1.54) is 5.56 Å². The lowest BCUT2D eigenvalue weighted by Crippen LogP contribution is -2.21. The predicted molar refractivity (Wildman–Crippen MR) is 120 cm³/mol. The molecule has 1 aliphatic rings. The van der Waals surface area contributed by atoms with Crippen molar-refractivity contribution in [3.05, 3.63) is 100 Å². The van der Waals surface area contributed by atoms with Crippen LogP contribution >= 0.6 is 11.6 Å². The molecule has 4 nitrogen and oxygen atoms in total. The Morgan fingerprint density at radius 1 is 0.933 bits per heavy atom. The van der Waals surface area contributed by atoms with Gasteiger partial charge in [-0.05, 0) is 49.4 Å². The molecule has 0 spiro atoms. The van der Waals surface area contributed by atoms with E-state index in [0.29, 0.717) is 16.3 Å². The molecule has 0 fully saturated rings. The number of ether oxygens (including phenoxy) is 1. The molecule has 0 heterocycles. The van der Waals surface area contributed by atoms with Gasteiger partial charge in [-0.25, -0.2) is 5.43 Å². The highest BCUT2D eigenvalue weighted by Gasteiger charge is 2.16. The first-order chi connectivity index (χ1) is 14.7. The fourth-order valence-corrected chi connectivity index (χ4v) is 3.80. The average molecular weight is 419 g/mol. The van der Waals surface area contributed by atoms with Gasteiger partial charge < -0.3 is 4.74 Å². The molecule has 0 atom stereocenters. The maximum Gasteiger partial charge on any atom is 0.275 e. The van der Waals surface area contributed by atoms with Crippen molar-refractivity contribution in [2.75, 3.05) is 0 Å². The number of amides is 1. The molecular formula is C25H23ClN2O2. The summed E-state index contributed by atoms with van der Waals surface area (Å²) in [5.41, 5.74) is 7.37. The number of carbonyl (C=O) groups is 1. The molecule has 1 N–H and O–H groups in total. The molecule has 152 valence electrons. The van der Waals surface area contributed by atoms with Crippen LogP contribution in [-0.2, 0) is 13.0 Å². The second-order valence-corrected chi connectivity index (χ2v) is 7.65. The summed E-state index contributed by atoms with van der Waals surface area (Å²) in [5, 5.41) is 5.11. The van der Waals surface area contributed by atoms with Gasteiger partial charge in [-0.2, -0.15) is 5.10 Å². The number of para-hydroxylation sites is 1. The maximum absolute atomic E-state index is 12.9. The standard InChI is InChI=1S/C25H23ClN2O2/c26-22-14-6-2-11-19(22)17-30-24-16-8-5-13-21(24)25(29)28-27-23-15-7-3-10-18-9-1-4-12-20(18)23/h1-2,4-6,8-9,11-14,16H,3,7,10,15,17H2,(H,28,29)/b27-23+. The number of fused-ring (bicyclic) bond motifs is 1. The van der Waals surface area contributed by atoms with Crippen LogP contribution in [0.3, 0.4) is 0 Å². The van der Waals surface area contributed by atoms with Crippen LogP contribution in [0.1, 0.15) is 46.3 Å². The van der Waals surface area contributed by atoms with Crippen LogP contribution in [0, 0.1) is 0 Å². The van der Waals surface area contributed by atoms with Gasteiger partial charge in [-0.1, -0.05) is 66.2 Å². The van der Waals surface area contributed by atoms with Gasteiger partial charge in [-0.3, -0.25) is 4.79 Å². The van der Waals surface area contributed by atoms with E-state index < -0.39 is 0 Å². The fourth-order valence-electron chi connectivity index (χ4n) is 3.61. The third kappa shape index (κ3) is 4.71. The predicted octanol–water partition coefficient (Wildman–Crippen LogP) is 5.78. The third-order valence-electron chi connectivity index (χ3n) is 5.20. The lowest BCUT2D eigenvalue weighted by molar-refractivity contribution is 0.0950. The van der Waals surface area contributed by atoms with E-state index in [4.69, 9.17) is 16.3 Å². The van der Waals surface area contributed by atoms with E-state index in [1.807, 2.05) is 48.5 Å². The SMILES string of the molecule is O=C(N/N=C1\CCCCc2ccccc21)c1ccccc1OCc1ccccc1Cl. The first-order valence-corrected chi connectivity index (χ1v) is 10.5. The Bertz CT molecular complexity index is 1080. The van der Waals surface area contributed by atoms with Crippen molar-refractivity contribution in [3.63, 3.8) is 0 Å². The van der Waals surface area contributed by atoms with Crippen LogP contribution in [0.4, 0.5) is 0 Å². The molecule has 0 radical (unpaired) electrons. The van der Waals surface area contributed by atoms with Gasteiger partial charge in [-0.15, -0.1) is 0 Å². The number of rotatable bonds is 5. The molecule has 3 aromatic rings. The number of benzene rings is 3. The minimum absolute atomic E-state index is 0.284. The first kappa shape index (κ1) is 20.2. The monoisotopic (exact) mass is 418 g/mol. The molecular weight excluding hydrogens is 396 g/mol. The summed E-state index contributed by atoms with van der Waals surface area (Å²) < 4.78 is 5.90. The second kappa shape index (κ2) is 9.59. The smallest absolute Gasteiger partial charge is 0.275 e. The van der Waals surface area contributed by atoms with Crippen LogP contribution in [0.5, 0.6) is 5.75 Å². The lowest BCUT2D eigenvalue weighted by atomic mass is 10.0. The number of halogens is 1. The minimum Gasteiger partial charge on any atom is -0.488 e. The van der Waals surface area contributed by atoms with E-state index in [9.17, 15) is 4.79 Å². The Kier molecular flexibility index (Phi) is 6.45. The molecule has 0 saturated heterocycles. The summed E-state index contributed by atoms with van der Waals surface area (Å²) in [4.78, 5) is 12.9. The maximum atomic E-state index is 12.9. The summed E-state index contributed by atoms with van der Waals surface area (Å²) >= 11 is 6.21. The highest BCUT2D eigenvalue weighted by molar-refractivity contribution is 6.31. The quantitative estimate of drug-likeness (QED) is 0.421. The van der Waals surface area contributed by atoms with E-state index in [-0.39, 0.29) is 12.5 Å². The Hall–Kier alpha value is -3.11. The van der Waals surface area contributed by atoms with E-state index in [1.54, 1.807) is 12.1 Å². The van der Waals surface area contributed by atoms with Gasteiger partial charge >= 0.3 is 0 Å². The van der Waals surface area contributed by atoms with Crippen molar-refractivity contribution >= 4 is 23.2 Å². The van der Waals surface area contributed by atoms with Gasteiger partial charge in [0, 0.05) is 16.1 Å². The van der Waals surface area contributed by atoms with E-state index in [2.05, 4.69) is 22.7 Å². The number of hydrazone groups is 1. The number of aryl methyl sites for hydroxylation is 1. The number of nitrogens with one attached hydrogen (secondary N) is 1. The zero-order chi connectivity index (χ0) is 20.8. The molecule has 1 aliphatic carbocycles. The zero-order valence-electron chi connectivity index (χ0n) is 16.6. The van der Waals surface area contributed by atoms with Gasteiger partial charge in [0.25, 0.3) is 5.91 Å². The van der Waals surface area contributed by atoms with Crippen molar-refractivity contribution < 1.29 is 9.53 Å². The van der Waals surface area contributed by atoms with Crippen molar-refractivity contribution in [1.29, 1.82) is 0 Å². The Morgan fingerprint density at radius 2 is 1.67 bits per heavy atom. The van der Waals surface area contributed by atoms with E-state index >= 15 is 0 Å². The van der Waals surface area contributed by atoms with Crippen LogP contribution in [0.15, 0.2) is 77.9 Å². The van der Waals surface area contributed by atoms with E-state index in [0.717, 1.165) is 42.5 Å². The highest BCUT2D eigenvalue weighted by Crippen LogP contribution is 2.23. The Balaban J connectivity index is 1.51. The topological polar surface area (TPSA) is 50.7 Å². The zero-order valence-corrected chi connectivity index (χ0v) is 17.4. The third-order valence-corrected chi connectivity index (χ3v) is 5.57. The average Bonchev–Trinajstić information content (AvgIpc) is 2.99. The van der Waals surface area contributed by atoms with Crippen molar-refractivity contribution in [2.24, 2.45) is 5.10 Å². The van der Waals surface area contributed by atoms with Crippen molar-refractivity contribution in [2.45, 2.75) is 32.3 Å².